The summed E-state index contributed by atoms with van der Waals surface area (Å²) in [5, 5.41) is 0.275. The maximum absolute atomic E-state index is 12.3. The molecule has 18 heavy (non-hydrogen) atoms. The summed E-state index contributed by atoms with van der Waals surface area (Å²) in [6.07, 6.45) is 1.89. The quantitative estimate of drug-likeness (QED) is 0.888. The molecule has 6 nitrogen and oxygen atoms in total. The lowest BCUT2D eigenvalue weighted by molar-refractivity contribution is 0.0979. The second-order valence-electron chi connectivity index (χ2n) is 4.35. The van der Waals surface area contributed by atoms with Crippen molar-refractivity contribution in [3.63, 3.8) is 0 Å². The van der Waals surface area contributed by atoms with E-state index in [9.17, 15) is 8.42 Å². The number of nitrogens with two attached hydrogens (primary N) is 1. The van der Waals surface area contributed by atoms with Crippen molar-refractivity contribution in [1.82, 2.24) is 9.29 Å². The van der Waals surface area contributed by atoms with Crippen LogP contribution in [0.5, 0.6) is 0 Å². The zero-order valence-electron chi connectivity index (χ0n) is 10.4. The van der Waals surface area contributed by atoms with E-state index >= 15 is 0 Å². The zero-order chi connectivity index (χ0) is 13.3. The lowest BCUT2D eigenvalue weighted by Crippen LogP contribution is -2.34. The molecule has 1 aromatic heterocycles. The van der Waals surface area contributed by atoms with Crippen molar-refractivity contribution in [2.45, 2.75) is 30.1 Å². The summed E-state index contributed by atoms with van der Waals surface area (Å²) >= 11 is 1.00. The van der Waals surface area contributed by atoms with Gasteiger partial charge in [-0.1, -0.05) is 11.3 Å². The van der Waals surface area contributed by atoms with E-state index in [0.717, 1.165) is 24.2 Å². The van der Waals surface area contributed by atoms with Crippen molar-refractivity contribution in [3.8, 4) is 0 Å². The first kappa shape index (κ1) is 13.7. The van der Waals surface area contributed by atoms with E-state index in [2.05, 4.69) is 4.98 Å². The summed E-state index contributed by atoms with van der Waals surface area (Å²) in [7, 11) is -1.95. The van der Waals surface area contributed by atoms with Gasteiger partial charge < -0.3 is 10.5 Å². The molecule has 0 spiro atoms. The van der Waals surface area contributed by atoms with Crippen LogP contribution in [-0.2, 0) is 14.8 Å². The van der Waals surface area contributed by atoms with Gasteiger partial charge in [0.25, 0.3) is 10.0 Å². The summed E-state index contributed by atoms with van der Waals surface area (Å²) in [5.41, 5.74) is 5.99. The zero-order valence-corrected chi connectivity index (χ0v) is 12.1. The minimum absolute atomic E-state index is 0.00431. The van der Waals surface area contributed by atoms with E-state index in [1.54, 1.807) is 14.0 Å². The molecule has 0 saturated carbocycles. The second kappa shape index (κ2) is 5.12. The van der Waals surface area contributed by atoms with Crippen LogP contribution in [0.1, 0.15) is 18.5 Å². The summed E-state index contributed by atoms with van der Waals surface area (Å²) in [4.78, 5) is 3.95. The Morgan fingerprint density at radius 3 is 2.83 bits per heavy atom. The van der Waals surface area contributed by atoms with Gasteiger partial charge in [-0.3, -0.25) is 0 Å². The molecule has 2 N–H and O–H groups in total. The van der Waals surface area contributed by atoms with Gasteiger partial charge in [-0.25, -0.2) is 13.4 Å². The molecule has 0 aromatic carbocycles. The molecular weight excluding hydrogens is 274 g/mol. The highest BCUT2D eigenvalue weighted by Gasteiger charge is 2.29. The summed E-state index contributed by atoms with van der Waals surface area (Å²) < 4.78 is 31.7. The van der Waals surface area contributed by atoms with Gasteiger partial charge in [-0.2, -0.15) is 4.31 Å². The van der Waals surface area contributed by atoms with Crippen LogP contribution in [0.2, 0.25) is 0 Å². The summed E-state index contributed by atoms with van der Waals surface area (Å²) in [5.74, 6) is 0. The largest absolute Gasteiger partial charge is 0.377 e. The number of sulfonamides is 1. The van der Waals surface area contributed by atoms with Gasteiger partial charge in [-0.05, 0) is 19.8 Å². The van der Waals surface area contributed by atoms with E-state index in [0.29, 0.717) is 18.8 Å². The maximum atomic E-state index is 12.3. The van der Waals surface area contributed by atoms with E-state index in [-0.39, 0.29) is 15.4 Å². The number of aryl methyl sites for hydroxylation is 1. The molecule has 0 radical (unpaired) electrons. The average Bonchev–Trinajstić information content (AvgIpc) is 2.88. The van der Waals surface area contributed by atoms with E-state index in [1.807, 2.05) is 0 Å². The standard InChI is InChI=1S/C10H17N3O3S2/c1-7-9(17-10(11)12-7)18(14,15)13(2)6-8-4-3-5-16-8/h8H,3-6H2,1-2H3,(H2,11,12). The molecule has 1 aliphatic heterocycles. The lowest BCUT2D eigenvalue weighted by atomic mass is 10.2. The number of ether oxygens (including phenoxy) is 1. The number of rotatable bonds is 4. The lowest BCUT2D eigenvalue weighted by Gasteiger charge is -2.19. The number of anilines is 1. The second-order valence-corrected chi connectivity index (χ2v) is 7.62. The molecule has 1 aromatic rings. The van der Waals surface area contributed by atoms with Gasteiger partial charge in [0.05, 0.1) is 11.8 Å². The first-order valence-electron chi connectivity index (χ1n) is 5.72. The fraction of sp³-hybridized carbons (Fsp3) is 0.700. The van der Waals surface area contributed by atoms with E-state index < -0.39 is 10.0 Å². The van der Waals surface area contributed by atoms with Gasteiger partial charge >= 0.3 is 0 Å². The summed E-state index contributed by atoms with van der Waals surface area (Å²) in [6.45, 7) is 2.74. The van der Waals surface area contributed by atoms with Gasteiger partial charge in [0.1, 0.15) is 0 Å². The van der Waals surface area contributed by atoms with Crippen LogP contribution < -0.4 is 5.73 Å². The number of hydrogen-bond donors (Lipinski definition) is 1. The van der Waals surface area contributed by atoms with Crippen LogP contribution in [0.15, 0.2) is 4.21 Å². The molecule has 0 aliphatic carbocycles. The maximum Gasteiger partial charge on any atom is 0.254 e. The molecule has 102 valence electrons. The Morgan fingerprint density at radius 1 is 1.61 bits per heavy atom. The Morgan fingerprint density at radius 2 is 2.33 bits per heavy atom. The van der Waals surface area contributed by atoms with Gasteiger partial charge in [-0.15, -0.1) is 0 Å². The first-order chi connectivity index (χ1) is 8.41. The molecule has 1 fully saturated rings. The highest BCUT2D eigenvalue weighted by Crippen LogP contribution is 2.28. The number of thiazole rings is 1. The minimum atomic E-state index is -3.51. The van der Waals surface area contributed by atoms with Crippen molar-refractivity contribution in [2.75, 3.05) is 25.9 Å². The Balaban J connectivity index is 2.17. The fourth-order valence-corrected chi connectivity index (χ4v) is 4.65. The number of aromatic nitrogens is 1. The Labute approximate surface area is 111 Å². The molecule has 2 heterocycles. The van der Waals surface area contributed by atoms with Crippen LogP contribution in [0.4, 0.5) is 5.13 Å². The number of hydrogen-bond acceptors (Lipinski definition) is 6. The predicted octanol–water partition coefficient (Wildman–Crippen LogP) is 0.833. The molecule has 8 heteroatoms. The van der Waals surface area contributed by atoms with E-state index in [4.69, 9.17) is 10.5 Å². The number of nitrogen functional groups attached to an aromatic ring is 1. The molecule has 1 saturated heterocycles. The molecule has 1 unspecified atom stereocenters. The van der Waals surface area contributed by atoms with Crippen molar-refractivity contribution >= 4 is 26.5 Å². The third kappa shape index (κ3) is 2.66. The summed E-state index contributed by atoms with van der Waals surface area (Å²) in [6, 6.07) is 0. The molecule has 0 bridgehead atoms. The van der Waals surface area contributed by atoms with Gasteiger partial charge in [0, 0.05) is 20.2 Å². The molecule has 1 atom stereocenters. The minimum Gasteiger partial charge on any atom is -0.377 e. The predicted molar refractivity (Wildman–Crippen MR) is 70.1 cm³/mol. The van der Waals surface area contributed by atoms with Crippen LogP contribution in [0, 0.1) is 6.92 Å². The Kier molecular flexibility index (Phi) is 3.90. The average molecular weight is 291 g/mol. The van der Waals surface area contributed by atoms with Crippen LogP contribution in [0.25, 0.3) is 0 Å². The monoisotopic (exact) mass is 291 g/mol. The number of nitrogens with zero attached hydrogens (tertiary/aromatic N) is 2. The third-order valence-electron chi connectivity index (χ3n) is 2.90. The molecular formula is C10H17N3O3S2. The highest BCUT2D eigenvalue weighted by molar-refractivity contribution is 7.91. The van der Waals surface area contributed by atoms with Crippen LogP contribution in [0.3, 0.4) is 0 Å². The number of likely N-dealkylation sites (N-methyl/N-ethyl adjacent to an activating group) is 1. The normalized spacial score (nSPS) is 20.7. The topological polar surface area (TPSA) is 85.5 Å². The Hall–Kier alpha value is -0.700. The molecule has 1 aliphatic rings. The third-order valence-corrected chi connectivity index (χ3v) is 6.30. The van der Waals surface area contributed by atoms with Crippen LogP contribution in [-0.4, -0.2) is 44.0 Å². The van der Waals surface area contributed by atoms with Crippen molar-refractivity contribution in [1.29, 1.82) is 0 Å². The van der Waals surface area contributed by atoms with Crippen LogP contribution >= 0.6 is 11.3 Å². The Bertz CT molecular complexity index is 520. The van der Waals surface area contributed by atoms with Crippen molar-refractivity contribution in [2.24, 2.45) is 0 Å². The molecule has 2 rings (SSSR count). The van der Waals surface area contributed by atoms with Crippen molar-refractivity contribution in [3.05, 3.63) is 5.69 Å². The SMILES string of the molecule is Cc1nc(N)sc1S(=O)(=O)N(C)CC1CCCO1. The fourth-order valence-electron chi connectivity index (χ4n) is 1.96. The van der Waals surface area contributed by atoms with Gasteiger partial charge in [0.2, 0.25) is 0 Å². The smallest absolute Gasteiger partial charge is 0.254 e. The first-order valence-corrected chi connectivity index (χ1v) is 7.98. The van der Waals surface area contributed by atoms with E-state index in [1.165, 1.54) is 4.31 Å². The highest BCUT2D eigenvalue weighted by atomic mass is 32.2. The molecule has 0 amide bonds. The van der Waals surface area contributed by atoms with Crippen molar-refractivity contribution < 1.29 is 13.2 Å². The van der Waals surface area contributed by atoms with Gasteiger partial charge in [0.15, 0.2) is 9.34 Å².